The van der Waals surface area contributed by atoms with Gasteiger partial charge in [-0.15, -0.1) is 0 Å². The molecular formula is C22H24N4O. The fourth-order valence-corrected chi connectivity index (χ4v) is 3.41. The predicted molar refractivity (Wildman–Crippen MR) is 108 cm³/mol. The maximum Gasteiger partial charge on any atom is 0.224 e. The summed E-state index contributed by atoms with van der Waals surface area (Å²) in [5.74, 6) is 1.57. The molecule has 1 unspecified atom stereocenters. The summed E-state index contributed by atoms with van der Waals surface area (Å²) in [7, 11) is 0. The Morgan fingerprint density at radius 2 is 1.89 bits per heavy atom. The van der Waals surface area contributed by atoms with Gasteiger partial charge in [0.1, 0.15) is 5.82 Å². The van der Waals surface area contributed by atoms with Gasteiger partial charge in [-0.05, 0) is 29.7 Å². The molecule has 1 atom stereocenters. The molecule has 1 aromatic heterocycles. The van der Waals surface area contributed by atoms with Crippen LogP contribution in [-0.2, 0) is 11.3 Å². The number of benzene rings is 2. The SMILES string of the molecule is Cc1ccccc1CNc1nccc(N2CCOCC2c2ccccc2)n1. The van der Waals surface area contributed by atoms with Crippen molar-refractivity contribution >= 4 is 11.8 Å². The van der Waals surface area contributed by atoms with Crippen molar-refractivity contribution in [3.8, 4) is 0 Å². The third kappa shape index (κ3) is 4.09. The topological polar surface area (TPSA) is 50.3 Å². The van der Waals surface area contributed by atoms with Gasteiger partial charge in [0.25, 0.3) is 0 Å². The Kier molecular flexibility index (Phi) is 5.30. The van der Waals surface area contributed by atoms with Crippen LogP contribution in [0.15, 0.2) is 66.9 Å². The van der Waals surface area contributed by atoms with Crippen molar-refractivity contribution in [1.82, 2.24) is 9.97 Å². The first-order valence-corrected chi connectivity index (χ1v) is 9.32. The first-order chi connectivity index (χ1) is 13.3. The minimum Gasteiger partial charge on any atom is -0.377 e. The zero-order chi connectivity index (χ0) is 18.5. The summed E-state index contributed by atoms with van der Waals surface area (Å²) in [5, 5.41) is 3.36. The lowest BCUT2D eigenvalue weighted by Gasteiger charge is -2.36. The van der Waals surface area contributed by atoms with Crippen molar-refractivity contribution in [3.63, 3.8) is 0 Å². The van der Waals surface area contributed by atoms with Crippen molar-refractivity contribution < 1.29 is 4.74 Å². The standard InChI is InChI=1S/C22H24N4O/c1-17-7-5-6-10-19(17)15-24-22-23-12-11-21(25-22)26-13-14-27-16-20(26)18-8-3-2-4-9-18/h2-12,20H,13-16H2,1H3,(H,23,24,25). The molecule has 4 rings (SSSR count). The molecule has 2 aromatic carbocycles. The highest BCUT2D eigenvalue weighted by Gasteiger charge is 2.25. The molecule has 27 heavy (non-hydrogen) atoms. The van der Waals surface area contributed by atoms with Crippen LogP contribution in [0.3, 0.4) is 0 Å². The van der Waals surface area contributed by atoms with E-state index in [1.807, 2.05) is 18.3 Å². The summed E-state index contributed by atoms with van der Waals surface area (Å²) in [4.78, 5) is 11.5. The van der Waals surface area contributed by atoms with Gasteiger partial charge in [0.15, 0.2) is 0 Å². The third-order valence-electron chi connectivity index (χ3n) is 4.95. The van der Waals surface area contributed by atoms with Crippen LogP contribution >= 0.6 is 0 Å². The van der Waals surface area contributed by atoms with E-state index in [1.165, 1.54) is 16.7 Å². The average Bonchev–Trinajstić information content (AvgIpc) is 2.74. The van der Waals surface area contributed by atoms with Crippen molar-refractivity contribution in [2.45, 2.75) is 19.5 Å². The Bertz CT molecular complexity index is 884. The van der Waals surface area contributed by atoms with Gasteiger partial charge in [0.2, 0.25) is 5.95 Å². The summed E-state index contributed by atoms with van der Waals surface area (Å²) in [6, 6.07) is 20.9. The smallest absolute Gasteiger partial charge is 0.224 e. The summed E-state index contributed by atoms with van der Waals surface area (Å²) in [6.07, 6.45) is 1.82. The molecule has 0 bridgehead atoms. The minimum absolute atomic E-state index is 0.166. The maximum absolute atomic E-state index is 5.74. The van der Waals surface area contributed by atoms with E-state index >= 15 is 0 Å². The number of rotatable bonds is 5. The molecule has 3 aromatic rings. The molecule has 138 valence electrons. The molecule has 0 amide bonds. The van der Waals surface area contributed by atoms with E-state index in [1.54, 1.807) is 0 Å². The van der Waals surface area contributed by atoms with Crippen molar-refractivity contribution in [3.05, 3.63) is 83.6 Å². The second-order valence-corrected chi connectivity index (χ2v) is 6.71. The molecule has 1 aliphatic heterocycles. The van der Waals surface area contributed by atoms with Crippen molar-refractivity contribution in [2.75, 3.05) is 30.0 Å². The zero-order valence-corrected chi connectivity index (χ0v) is 15.5. The normalized spacial score (nSPS) is 16.9. The number of hydrogen-bond acceptors (Lipinski definition) is 5. The van der Waals surface area contributed by atoms with Crippen LogP contribution in [0.5, 0.6) is 0 Å². The number of nitrogens with zero attached hydrogens (tertiary/aromatic N) is 3. The first kappa shape index (κ1) is 17.5. The lowest BCUT2D eigenvalue weighted by Crippen LogP contribution is -2.40. The van der Waals surface area contributed by atoms with Crippen molar-refractivity contribution in [2.24, 2.45) is 0 Å². The first-order valence-electron chi connectivity index (χ1n) is 9.32. The predicted octanol–water partition coefficient (Wildman–Crippen LogP) is 3.98. The number of aromatic nitrogens is 2. The Morgan fingerprint density at radius 3 is 2.74 bits per heavy atom. The van der Waals surface area contributed by atoms with Gasteiger partial charge < -0.3 is 15.0 Å². The van der Waals surface area contributed by atoms with Gasteiger partial charge in [-0.1, -0.05) is 54.6 Å². The highest BCUT2D eigenvalue weighted by atomic mass is 16.5. The van der Waals surface area contributed by atoms with Crippen LogP contribution in [0.4, 0.5) is 11.8 Å². The van der Waals surface area contributed by atoms with Gasteiger partial charge in [-0.3, -0.25) is 0 Å². The molecular weight excluding hydrogens is 336 g/mol. The lowest BCUT2D eigenvalue weighted by atomic mass is 10.1. The monoisotopic (exact) mass is 360 g/mol. The summed E-state index contributed by atoms with van der Waals surface area (Å²) in [6.45, 7) is 5.01. The highest BCUT2D eigenvalue weighted by Crippen LogP contribution is 2.28. The molecule has 0 saturated carbocycles. The molecule has 1 saturated heterocycles. The molecule has 2 heterocycles. The average molecular weight is 360 g/mol. The van der Waals surface area contributed by atoms with Crippen LogP contribution in [0.1, 0.15) is 22.7 Å². The van der Waals surface area contributed by atoms with E-state index in [4.69, 9.17) is 9.72 Å². The van der Waals surface area contributed by atoms with E-state index in [9.17, 15) is 0 Å². The Morgan fingerprint density at radius 1 is 1.07 bits per heavy atom. The highest BCUT2D eigenvalue weighted by molar-refractivity contribution is 5.46. The second kappa shape index (κ2) is 8.18. The van der Waals surface area contributed by atoms with Gasteiger partial charge in [-0.25, -0.2) is 4.98 Å². The molecule has 0 spiro atoms. The number of aryl methyl sites for hydroxylation is 1. The fraction of sp³-hybridized carbons (Fsp3) is 0.273. The quantitative estimate of drug-likeness (QED) is 0.746. The van der Waals surface area contributed by atoms with Crippen LogP contribution in [0, 0.1) is 6.92 Å². The molecule has 0 radical (unpaired) electrons. The van der Waals surface area contributed by atoms with E-state index in [2.05, 4.69) is 70.7 Å². The summed E-state index contributed by atoms with van der Waals surface area (Å²) >= 11 is 0. The zero-order valence-electron chi connectivity index (χ0n) is 15.5. The van der Waals surface area contributed by atoms with Crippen LogP contribution < -0.4 is 10.2 Å². The van der Waals surface area contributed by atoms with Crippen molar-refractivity contribution in [1.29, 1.82) is 0 Å². The van der Waals surface area contributed by atoms with Gasteiger partial charge in [0, 0.05) is 19.3 Å². The molecule has 0 aliphatic carbocycles. The fourth-order valence-electron chi connectivity index (χ4n) is 3.41. The maximum atomic E-state index is 5.74. The van der Waals surface area contributed by atoms with E-state index in [-0.39, 0.29) is 6.04 Å². The number of ether oxygens (including phenoxy) is 1. The van der Waals surface area contributed by atoms with Gasteiger partial charge >= 0.3 is 0 Å². The van der Waals surface area contributed by atoms with E-state index in [0.29, 0.717) is 25.7 Å². The summed E-state index contributed by atoms with van der Waals surface area (Å²) < 4.78 is 5.74. The molecule has 1 N–H and O–H groups in total. The second-order valence-electron chi connectivity index (χ2n) is 6.71. The third-order valence-corrected chi connectivity index (χ3v) is 4.95. The van der Waals surface area contributed by atoms with E-state index < -0.39 is 0 Å². The number of hydrogen-bond donors (Lipinski definition) is 1. The van der Waals surface area contributed by atoms with E-state index in [0.717, 1.165) is 12.4 Å². The Balaban J connectivity index is 1.53. The molecule has 5 nitrogen and oxygen atoms in total. The minimum atomic E-state index is 0.166. The van der Waals surface area contributed by atoms with Crippen LogP contribution in [-0.4, -0.2) is 29.7 Å². The van der Waals surface area contributed by atoms with Crippen LogP contribution in [0.2, 0.25) is 0 Å². The molecule has 1 aliphatic rings. The molecule has 1 fully saturated rings. The van der Waals surface area contributed by atoms with Crippen LogP contribution in [0.25, 0.3) is 0 Å². The number of nitrogens with one attached hydrogen (secondary N) is 1. The summed E-state index contributed by atoms with van der Waals surface area (Å²) in [5.41, 5.74) is 3.75. The van der Waals surface area contributed by atoms with Gasteiger partial charge in [-0.2, -0.15) is 4.98 Å². The Hall–Kier alpha value is -2.92. The Labute approximate surface area is 160 Å². The number of morpholine rings is 1. The lowest BCUT2D eigenvalue weighted by molar-refractivity contribution is 0.0937. The number of anilines is 2. The largest absolute Gasteiger partial charge is 0.377 e. The molecule has 5 heteroatoms. The van der Waals surface area contributed by atoms with Gasteiger partial charge in [0.05, 0.1) is 19.3 Å².